The Kier molecular flexibility index (Phi) is 4.64. The minimum Gasteiger partial charge on any atom is -0.497 e. The number of rotatable bonds is 4. The van der Waals surface area contributed by atoms with Gasteiger partial charge in [0.25, 0.3) is 5.56 Å². The lowest BCUT2D eigenvalue weighted by molar-refractivity contribution is -0.117. The van der Waals surface area contributed by atoms with Crippen LogP contribution in [0.2, 0.25) is 0 Å². The highest BCUT2D eigenvalue weighted by Crippen LogP contribution is 2.29. The summed E-state index contributed by atoms with van der Waals surface area (Å²) in [5.41, 5.74) is 2.41. The van der Waals surface area contributed by atoms with Crippen molar-refractivity contribution in [3.63, 3.8) is 0 Å². The first-order chi connectivity index (χ1) is 12.6. The number of nitrogens with one attached hydrogen (secondary N) is 1. The highest BCUT2D eigenvalue weighted by atomic mass is 32.2. The predicted molar refractivity (Wildman–Crippen MR) is 103 cm³/mol. The van der Waals surface area contributed by atoms with Gasteiger partial charge in [-0.3, -0.25) is 9.59 Å². The van der Waals surface area contributed by atoms with Gasteiger partial charge in [-0.15, -0.1) is 0 Å². The lowest BCUT2D eigenvalue weighted by atomic mass is 10.2. The standard InChI is InChI=1S/C17H16N4O3S2/c1-24-11-2-3-13-14(7-11)26-17(18-13)19-15(22)8-21-16(23)6-10-9-25-5-4-12(10)20-21/h2-3,6-7H,4-5,8-9H2,1H3,(H,18,19,22). The van der Waals surface area contributed by atoms with Crippen LogP contribution >= 0.6 is 23.1 Å². The van der Waals surface area contributed by atoms with E-state index in [9.17, 15) is 9.59 Å². The van der Waals surface area contributed by atoms with Gasteiger partial charge in [0, 0.05) is 18.2 Å². The van der Waals surface area contributed by atoms with E-state index in [-0.39, 0.29) is 18.0 Å². The lowest BCUT2D eigenvalue weighted by Crippen LogP contribution is -2.31. The number of aryl methyl sites for hydroxylation is 1. The van der Waals surface area contributed by atoms with Crippen LogP contribution in [0.25, 0.3) is 10.2 Å². The molecule has 1 aliphatic rings. The van der Waals surface area contributed by atoms with Crippen molar-refractivity contribution in [1.29, 1.82) is 0 Å². The summed E-state index contributed by atoms with van der Waals surface area (Å²) >= 11 is 3.15. The van der Waals surface area contributed by atoms with E-state index < -0.39 is 0 Å². The molecule has 0 radical (unpaired) electrons. The summed E-state index contributed by atoms with van der Waals surface area (Å²) < 4.78 is 7.33. The molecule has 9 heteroatoms. The van der Waals surface area contributed by atoms with Gasteiger partial charge in [-0.2, -0.15) is 16.9 Å². The van der Waals surface area contributed by atoms with Gasteiger partial charge in [-0.1, -0.05) is 11.3 Å². The number of nitrogens with zero attached hydrogens (tertiary/aromatic N) is 3. The third-order valence-corrected chi connectivity index (χ3v) is 5.98. The van der Waals surface area contributed by atoms with Gasteiger partial charge in [-0.25, -0.2) is 9.67 Å². The Hall–Kier alpha value is -2.39. The molecule has 3 heterocycles. The summed E-state index contributed by atoms with van der Waals surface area (Å²) in [6, 6.07) is 7.12. The number of anilines is 1. The van der Waals surface area contributed by atoms with Crippen LogP contribution < -0.4 is 15.6 Å². The fourth-order valence-corrected chi connectivity index (χ4v) is 4.61. The highest BCUT2D eigenvalue weighted by Gasteiger charge is 2.16. The van der Waals surface area contributed by atoms with E-state index in [1.54, 1.807) is 24.9 Å². The average molecular weight is 388 g/mol. The number of hydrogen-bond acceptors (Lipinski definition) is 7. The van der Waals surface area contributed by atoms with Gasteiger partial charge in [0.05, 0.1) is 23.0 Å². The Labute approximate surface area is 157 Å². The van der Waals surface area contributed by atoms with Gasteiger partial charge >= 0.3 is 0 Å². The third-order valence-electron chi connectivity index (χ3n) is 4.04. The summed E-state index contributed by atoms with van der Waals surface area (Å²) in [5, 5.41) is 7.59. The van der Waals surface area contributed by atoms with Gasteiger partial charge in [0.2, 0.25) is 5.91 Å². The summed E-state index contributed by atoms with van der Waals surface area (Å²) in [6.07, 6.45) is 0.821. The van der Waals surface area contributed by atoms with E-state index >= 15 is 0 Å². The molecule has 3 aromatic rings. The number of thiazole rings is 1. The number of benzene rings is 1. The Balaban J connectivity index is 1.51. The Morgan fingerprint density at radius 3 is 3.12 bits per heavy atom. The van der Waals surface area contributed by atoms with Gasteiger partial charge in [-0.05, 0) is 29.5 Å². The Morgan fingerprint density at radius 1 is 1.38 bits per heavy atom. The van der Waals surface area contributed by atoms with Crippen LogP contribution in [0.15, 0.2) is 29.1 Å². The van der Waals surface area contributed by atoms with Crippen molar-refractivity contribution in [2.75, 3.05) is 18.2 Å². The van der Waals surface area contributed by atoms with Crippen LogP contribution in [0.3, 0.4) is 0 Å². The summed E-state index contributed by atoms with van der Waals surface area (Å²) in [5.74, 6) is 2.21. The van der Waals surface area contributed by atoms with Gasteiger partial charge in [0.15, 0.2) is 5.13 Å². The molecule has 4 rings (SSSR count). The molecular weight excluding hydrogens is 372 g/mol. The summed E-state index contributed by atoms with van der Waals surface area (Å²) in [7, 11) is 1.60. The SMILES string of the molecule is COc1ccc2nc(NC(=O)Cn3nc4c(cc3=O)CSCC4)sc2c1. The van der Waals surface area contributed by atoms with Crippen LogP contribution in [0.1, 0.15) is 11.3 Å². The molecule has 0 fully saturated rings. The molecule has 0 atom stereocenters. The number of amides is 1. The molecule has 0 saturated carbocycles. The Morgan fingerprint density at radius 2 is 2.27 bits per heavy atom. The number of carbonyl (C=O) groups is 1. The number of hydrogen-bond donors (Lipinski definition) is 1. The topological polar surface area (TPSA) is 86.1 Å². The Bertz CT molecular complexity index is 1040. The van der Waals surface area contributed by atoms with E-state index in [1.807, 2.05) is 18.2 Å². The zero-order chi connectivity index (χ0) is 18.1. The number of methoxy groups -OCH3 is 1. The molecule has 2 aromatic heterocycles. The molecule has 26 heavy (non-hydrogen) atoms. The molecule has 0 bridgehead atoms. The van der Waals surface area contributed by atoms with E-state index in [0.717, 1.165) is 45.2 Å². The third kappa shape index (κ3) is 3.45. The molecule has 7 nitrogen and oxygen atoms in total. The van der Waals surface area contributed by atoms with Crippen molar-refractivity contribution in [2.45, 2.75) is 18.7 Å². The van der Waals surface area contributed by atoms with Gasteiger partial charge in [0.1, 0.15) is 12.3 Å². The largest absolute Gasteiger partial charge is 0.497 e. The predicted octanol–water partition coefficient (Wildman–Crippen LogP) is 2.29. The normalized spacial score (nSPS) is 13.4. The quantitative estimate of drug-likeness (QED) is 0.738. The van der Waals surface area contributed by atoms with Crippen molar-refractivity contribution in [2.24, 2.45) is 0 Å². The van der Waals surface area contributed by atoms with Crippen LogP contribution in [0.5, 0.6) is 5.75 Å². The number of aromatic nitrogens is 3. The van der Waals surface area contributed by atoms with Crippen molar-refractivity contribution < 1.29 is 9.53 Å². The van der Waals surface area contributed by atoms with Crippen LogP contribution in [0, 0.1) is 0 Å². The van der Waals surface area contributed by atoms with E-state index in [1.165, 1.54) is 16.0 Å². The first-order valence-electron chi connectivity index (χ1n) is 8.04. The highest BCUT2D eigenvalue weighted by molar-refractivity contribution is 7.98. The number of fused-ring (bicyclic) bond motifs is 2. The molecule has 134 valence electrons. The summed E-state index contributed by atoms with van der Waals surface area (Å²) in [4.78, 5) is 28.9. The van der Waals surface area contributed by atoms with E-state index in [4.69, 9.17) is 4.74 Å². The zero-order valence-corrected chi connectivity index (χ0v) is 15.7. The molecule has 0 unspecified atom stereocenters. The van der Waals surface area contributed by atoms with Crippen molar-refractivity contribution in [3.05, 3.63) is 45.9 Å². The minimum atomic E-state index is -0.323. The minimum absolute atomic E-state index is 0.126. The monoisotopic (exact) mass is 388 g/mol. The molecule has 0 aliphatic carbocycles. The zero-order valence-electron chi connectivity index (χ0n) is 14.0. The second-order valence-electron chi connectivity index (χ2n) is 5.82. The second-order valence-corrected chi connectivity index (χ2v) is 7.95. The van der Waals surface area contributed by atoms with Crippen LogP contribution in [0.4, 0.5) is 5.13 Å². The first-order valence-corrected chi connectivity index (χ1v) is 10.0. The van der Waals surface area contributed by atoms with Crippen molar-refractivity contribution >= 4 is 44.4 Å². The average Bonchev–Trinajstić information content (AvgIpc) is 3.03. The number of ether oxygens (including phenoxy) is 1. The number of thioether (sulfide) groups is 1. The molecule has 1 aliphatic heterocycles. The smallest absolute Gasteiger partial charge is 0.267 e. The van der Waals surface area contributed by atoms with Crippen LogP contribution in [-0.2, 0) is 23.5 Å². The van der Waals surface area contributed by atoms with Crippen LogP contribution in [-0.4, -0.2) is 33.5 Å². The molecular formula is C17H16N4O3S2. The molecule has 1 N–H and O–H groups in total. The summed E-state index contributed by atoms with van der Waals surface area (Å²) in [6.45, 7) is -0.126. The van der Waals surface area contributed by atoms with E-state index in [2.05, 4.69) is 15.4 Å². The maximum absolute atomic E-state index is 12.3. The number of carbonyl (C=O) groups excluding carboxylic acids is 1. The van der Waals surface area contributed by atoms with Crippen molar-refractivity contribution in [1.82, 2.24) is 14.8 Å². The van der Waals surface area contributed by atoms with Gasteiger partial charge < -0.3 is 10.1 Å². The van der Waals surface area contributed by atoms with Crippen molar-refractivity contribution in [3.8, 4) is 5.75 Å². The fourth-order valence-electron chi connectivity index (χ4n) is 2.75. The first kappa shape index (κ1) is 17.0. The lowest BCUT2D eigenvalue weighted by Gasteiger charge is -2.15. The molecule has 1 aromatic carbocycles. The second kappa shape index (κ2) is 7.08. The molecule has 0 spiro atoms. The maximum atomic E-state index is 12.3. The van der Waals surface area contributed by atoms with E-state index in [0.29, 0.717) is 5.13 Å². The molecule has 1 amide bonds. The fraction of sp³-hybridized carbons (Fsp3) is 0.294. The molecule has 0 saturated heterocycles. The maximum Gasteiger partial charge on any atom is 0.267 e.